The summed E-state index contributed by atoms with van der Waals surface area (Å²) in [6.45, 7) is 7.43. The van der Waals surface area contributed by atoms with Crippen LogP contribution in [0.3, 0.4) is 0 Å². The number of hydrogen-bond donors (Lipinski definition) is 0. The molecule has 0 aromatic heterocycles. The highest BCUT2D eigenvalue weighted by molar-refractivity contribution is 5.87. The first kappa shape index (κ1) is 35.5. The van der Waals surface area contributed by atoms with E-state index >= 15 is 0 Å². The molecule has 1 fully saturated rings. The Morgan fingerprint density at radius 1 is 0.667 bits per heavy atom. The van der Waals surface area contributed by atoms with E-state index in [9.17, 15) is 0 Å². The molecule has 0 spiro atoms. The summed E-state index contributed by atoms with van der Waals surface area (Å²) in [5.74, 6) is 4.40. The minimum absolute atomic E-state index is 0.0242. The zero-order valence-corrected chi connectivity index (χ0v) is 35.6. The lowest BCUT2D eigenvalue weighted by Gasteiger charge is -2.52. The number of allylic oxidation sites excluding steroid dienone is 22. The van der Waals surface area contributed by atoms with Gasteiger partial charge in [-0.25, -0.2) is 0 Å². The van der Waals surface area contributed by atoms with Crippen molar-refractivity contribution in [1.29, 1.82) is 0 Å². The first-order chi connectivity index (χ1) is 29.3. The summed E-state index contributed by atoms with van der Waals surface area (Å²) in [7, 11) is 0. The van der Waals surface area contributed by atoms with E-state index in [4.69, 9.17) is 0 Å². The second-order valence-electron chi connectivity index (χ2n) is 20.6. The third-order valence-corrected chi connectivity index (χ3v) is 17.4. The van der Waals surface area contributed by atoms with Gasteiger partial charge in [-0.05, 0) is 183 Å². The Morgan fingerprint density at radius 2 is 1.50 bits per heavy atom. The fourth-order valence-corrected chi connectivity index (χ4v) is 14.4. The van der Waals surface area contributed by atoms with E-state index in [-0.39, 0.29) is 10.8 Å². The maximum Gasteiger partial charge on any atom is 0.0219 e. The average Bonchev–Trinajstić information content (AvgIpc) is 3.52. The zero-order valence-electron chi connectivity index (χ0n) is 35.6. The standard InChI is InChI=1S/C60H56/c1-59(2)53-34-45(22-26-49(53)50-27-23-47(35-54(50)59)52-29-24-41-19-18-38-10-5-11-39-30-31-60(52,3)58(41)56(38)39)43-13-6-12-42(32-43)44-14-7-15-46(33-44)48-25-20-40-17-16-36-8-4-9-37-21-28-51(48)57(40)55(36)37/h4,6,8-9,12-13,15-18,21-24,26-36,40,48,51,55,57-58H,5,7,10-11,14,19-20,25H2,1-3H3. The van der Waals surface area contributed by atoms with Gasteiger partial charge in [-0.15, -0.1) is 0 Å². The van der Waals surface area contributed by atoms with Crippen molar-refractivity contribution in [3.05, 3.63) is 201 Å². The molecule has 10 aliphatic carbocycles. The lowest BCUT2D eigenvalue weighted by atomic mass is 9.52. The van der Waals surface area contributed by atoms with Crippen LogP contribution in [0, 0.1) is 46.8 Å². The summed E-state index contributed by atoms with van der Waals surface area (Å²) >= 11 is 0. The molecule has 0 heteroatoms. The van der Waals surface area contributed by atoms with Gasteiger partial charge in [0.1, 0.15) is 0 Å². The van der Waals surface area contributed by atoms with E-state index in [1.54, 1.807) is 33.4 Å². The predicted molar refractivity (Wildman–Crippen MR) is 251 cm³/mol. The minimum Gasteiger partial charge on any atom is -0.0845 e. The normalized spacial score (nSPS) is 33.0. The van der Waals surface area contributed by atoms with Gasteiger partial charge in [-0.3, -0.25) is 0 Å². The Labute approximate surface area is 357 Å². The summed E-state index contributed by atoms with van der Waals surface area (Å²) in [5.41, 5.74) is 23.6. The van der Waals surface area contributed by atoms with Crippen LogP contribution in [0.1, 0.15) is 94.4 Å². The van der Waals surface area contributed by atoms with E-state index in [2.05, 4.69) is 166 Å². The molecule has 1 saturated carbocycles. The van der Waals surface area contributed by atoms with Crippen molar-refractivity contribution in [2.75, 3.05) is 0 Å². The number of fused-ring (bicyclic) bond motifs is 3. The van der Waals surface area contributed by atoms with Crippen molar-refractivity contribution < 1.29 is 0 Å². The van der Waals surface area contributed by atoms with Crippen LogP contribution in [0.25, 0.3) is 33.4 Å². The summed E-state index contributed by atoms with van der Waals surface area (Å²) in [6.07, 6.45) is 44.8. The van der Waals surface area contributed by atoms with Crippen molar-refractivity contribution in [2.24, 2.45) is 46.8 Å². The average molecular weight is 777 g/mol. The number of hydrogen-bond acceptors (Lipinski definition) is 0. The highest BCUT2D eigenvalue weighted by atomic mass is 14.5. The van der Waals surface area contributed by atoms with Crippen LogP contribution in [0.4, 0.5) is 0 Å². The third-order valence-electron chi connectivity index (χ3n) is 17.4. The van der Waals surface area contributed by atoms with E-state index < -0.39 is 0 Å². The second-order valence-corrected chi connectivity index (χ2v) is 20.6. The monoisotopic (exact) mass is 776 g/mol. The minimum atomic E-state index is -0.0928. The van der Waals surface area contributed by atoms with E-state index in [1.165, 1.54) is 87.8 Å². The number of benzene rings is 3. The highest BCUT2D eigenvalue weighted by Crippen LogP contribution is 2.61. The SMILES string of the molecule is CC1(C)c2cc(C3=CC=C4CC=C5CCCC6=C5C4C3(C)C=C6)ccc2-c2ccc(-c3cccc(C4=CC(C5CCC6C=CC7C=CC=C8C=CC5C6C87)=CCC4)c3)cc21. The molecule has 0 aliphatic heterocycles. The van der Waals surface area contributed by atoms with Gasteiger partial charge in [0.25, 0.3) is 0 Å². The van der Waals surface area contributed by atoms with Gasteiger partial charge in [-0.2, -0.15) is 0 Å². The molecule has 3 aromatic rings. The molecule has 0 amide bonds. The largest absolute Gasteiger partial charge is 0.0845 e. The fraction of sp³-hybridized carbons (Fsp3) is 0.333. The molecule has 0 N–H and O–H groups in total. The van der Waals surface area contributed by atoms with Gasteiger partial charge >= 0.3 is 0 Å². The fourth-order valence-electron chi connectivity index (χ4n) is 14.4. The Morgan fingerprint density at radius 3 is 2.40 bits per heavy atom. The molecule has 296 valence electrons. The lowest BCUT2D eigenvalue weighted by Crippen LogP contribution is -2.45. The molecule has 0 heterocycles. The maximum atomic E-state index is 2.61. The summed E-state index contributed by atoms with van der Waals surface area (Å²) < 4.78 is 0. The molecule has 13 rings (SSSR count). The Kier molecular flexibility index (Phi) is 7.65. The van der Waals surface area contributed by atoms with E-state index in [1.807, 2.05) is 0 Å². The van der Waals surface area contributed by atoms with E-state index in [0.29, 0.717) is 29.6 Å². The summed E-state index contributed by atoms with van der Waals surface area (Å²) in [4.78, 5) is 0. The van der Waals surface area contributed by atoms with Crippen molar-refractivity contribution >= 4 is 11.1 Å². The van der Waals surface area contributed by atoms with Crippen LogP contribution >= 0.6 is 0 Å². The molecule has 8 atom stereocenters. The second kappa shape index (κ2) is 12.9. The van der Waals surface area contributed by atoms with E-state index in [0.717, 1.165) is 31.1 Å². The van der Waals surface area contributed by atoms with Crippen molar-refractivity contribution in [3.8, 4) is 22.3 Å². The first-order valence-corrected chi connectivity index (χ1v) is 23.4. The van der Waals surface area contributed by atoms with Crippen molar-refractivity contribution in [1.82, 2.24) is 0 Å². The lowest BCUT2D eigenvalue weighted by molar-refractivity contribution is 0.0994. The molecular formula is C60H56. The molecule has 0 bridgehead atoms. The zero-order chi connectivity index (χ0) is 39.9. The van der Waals surface area contributed by atoms with Crippen LogP contribution in [0.5, 0.6) is 0 Å². The molecule has 3 aromatic carbocycles. The Hall–Kier alpha value is -5.20. The Balaban J connectivity index is 0.795. The smallest absolute Gasteiger partial charge is 0.0219 e. The van der Waals surface area contributed by atoms with Crippen molar-refractivity contribution in [2.45, 2.75) is 77.6 Å². The van der Waals surface area contributed by atoms with Gasteiger partial charge in [0.2, 0.25) is 0 Å². The van der Waals surface area contributed by atoms with Crippen LogP contribution in [0.2, 0.25) is 0 Å². The molecule has 0 saturated heterocycles. The summed E-state index contributed by atoms with van der Waals surface area (Å²) in [5, 5.41) is 0. The van der Waals surface area contributed by atoms with Gasteiger partial charge in [0, 0.05) is 22.7 Å². The predicted octanol–water partition coefficient (Wildman–Crippen LogP) is 15.2. The van der Waals surface area contributed by atoms with Gasteiger partial charge in [0.15, 0.2) is 0 Å². The molecule has 0 radical (unpaired) electrons. The molecule has 10 aliphatic rings. The van der Waals surface area contributed by atoms with Crippen molar-refractivity contribution in [3.63, 3.8) is 0 Å². The topological polar surface area (TPSA) is 0 Å². The van der Waals surface area contributed by atoms with Gasteiger partial charge in [-0.1, -0.05) is 154 Å². The van der Waals surface area contributed by atoms with Gasteiger partial charge < -0.3 is 0 Å². The first-order valence-electron chi connectivity index (χ1n) is 23.4. The number of rotatable bonds is 4. The molecule has 8 unspecified atom stereocenters. The maximum absolute atomic E-state index is 2.61. The van der Waals surface area contributed by atoms with Crippen LogP contribution in [-0.4, -0.2) is 0 Å². The Bertz CT molecular complexity index is 2780. The van der Waals surface area contributed by atoms with Gasteiger partial charge in [0.05, 0.1) is 0 Å². The van der Waals surface area contributed by atoms with Crippen LogP contribution in [-0.2, 0) is 5.41 Å². The highest BCUT2D eigenvalue weighted by Gasteiger charge is 2.50. The summed E-state index contributed by atoms with van der Waals surface area (Å²) in [6, 6.07) is 24.2. The molecular weight excluding hydrogens is 721 g/mol. The van der Waals surface area contributed by atoms with Crippen LogP contribution < -0.4 is 0 Å². The molecule has 60 heavy (non-hydrogen) atoms. The van der Waals surface area contributed by atoms with Crippen LogP contribution in [0.15, 0.2) is 179 Å². The third kappa shape index (κ3) is 5.03. The molecule has 0 nitrogen and oxygen atoms in total. The quantitative estimate of drug-likeness (QED) is 0.232.